The topological polar surface area (TPSA) is 77.8 Å². The zero-order valence-electron chi connectivity index (χ0n) is 9.67. The van der Waals surface area contributed by atoms with Crippen LogP contribution in [-0.2, 0) is 0 Å². The van der Waals surface area contributed by atoms with Gasteiger partial charge >= 0.3 is 0 Å². The average Bonchev–Trinajstić information content (AvgIpc) is 2.39. The van der Waals surface area contributed by atoms with Gasteiger partial charge in [-0.05, 0) is 24.3 Å². The smallest absolute Gasteiger partial charge is 0.112 e. The van der Waals surface area contributed by atoms with E-state index in [1.165, 1.54) is 0 Å². The minimum Gasteiger partial charge on any atom is -0.399 e. The molecule has 2 aromatic carbocycles. The van der Waals surface area contributed by atoms with Crippen LogP contribution in [0.2, 0.25) is 0 Å². The summed E-state index contributed by atoms with van der Waals surface area (Å²) < 4.78 is 0. The van der Waals surface area contributed by atoms with Gasteiger partial charge in [0.05, 0.1) is 23.1 Å². The molecule has 3 aromatic rings. The molecule has 1 aromatic heterocycles. The molecule has 3 rings (SSSR count). The van der Waals surface area contributed by atoms with Gasteiger partial charge in [-0.2, -0.15) is 0 Å². The molecule has 0 aliphatic rings. The van der Waals surface area contributed by atoms with E-state index in [0.717, 1.165) is 28.0 Å². The second-order valence-electron chi connectivity index (χ2n) is 4.09. The van der Waals surface area contributed by atoms with Gasteiger partial charge in [-0.3, -0.25) is 4.98 Å². The highest BCUT2D eigenvalue weighted by atomic mass is 14.8. The molecule has 4 N–H and O–H groups in total. The van der Waals surface area contributed by atoms with E-state index in [1.807, 2.05) is 42.5 Å². The highest BCUT2D eigenvalue weighted by molar-refractivity contribution is 5.87. The standard InChI is InChI=1S/C14H12N4/c15-10-6-4-9(5-7-10)13-8-17-14-11(16)2-1-3-12(14)18-13/h1-8H,15-16H2. The Labute approximate surface area is 104 Å². The number of hydrogen-bond acceptors (Lipinski definition) is 4. The largest absolute Gasteiger partial charge is 0.399 e. The second kappa shape index (κ2) is 4.00. The van der Waals surface area contributed by atoms with Crippen molar-refractivity contribution in [2.24, 2.45) is 0 Å². The first-order valence-corrected chi connectivity index (χ1v) is 5.61. The van der Waals surface area contributed by atoms with E-state index in [9.17, 15) is 0 Å². The fraction of sp³-hybridized carbons (Fsp3) is 0. The molecule has 0 spiro atoms. The number of anilines is 2. The average molecular weight is 236 g/mol. The Bertz CT molecular complexity index is 705. The van der Waals surface area contributed by atoms with Crippen molar-refractivity contribution in [3.63, 3.8) is 0 Å². The van der Waals surface area contributed by atoms with Gasteiger partial charge in [0.2, 0.25) is 0 Å². The molecule has 0 aliphatic heterocycles. The summed E-state index contributed by atoms with van der Waals surface area (Å²) in [5, 5.41) is 0. The number of fused-ring (bicyclic) bond motifs is 1. The van der Waals surface area contributed by atoms with Crippen LogP contribution in [0.4, 0.5) is 11.4 Å². The quantitative estimate of drug-likeness (QED) is 0.636. The molecule has 1 heterocycles. The third-order valence-corrected chi connectivity index (χ3v) is 2.81. The molecule has 0 saturated carbocycles. The number of rotatable bonds is 1. The maximum Gasteiger partial charge on any atom is 0.112 e. The normalized spacial score (nSPS) is 10.7. The Morgan fingerprint density at radius 3 is 2.44 bits per heavy atom. The number of nitrogen functional groups attached to an aromatic ring is 2. The molecular weight excluding hydrogens is 224 g/mol. The lowest BCUT2D eigenvalue weighted by Crippen LogP contribution is -1.93. The van der Waals surface area contributed by atoms with Crippen molar-refractivity contribution >= 4 is 22.4 Å². The summed E-state index contributed by atoms with van der Waals surface area (Å²) in [7, 11) is 0. The summed E-state index contributed by atoms with van der Waals surface area (Å²) in [6.07, 6.45) is 1.73. The SMILES string of the molecule is Nc1ccc(-c2cnc3c(N)cccc3n2)cc1. The van der Waals surface area contributed by atoms with E-state index in [2.05, 4.69) is 9.97 Å². The minimum atomic E-state index is 0.642. The van der Waals surface area contributed by atoms with E-state index in [4.69, 9.17) is 11.5 Å². The first-order chi connectivity index (χ1) is 8.74. The fourth-order valence-electron chi connectivity index (χ4n) is 1.86. The Morgan fingerprint density at radius 1 is 0.889 bits per heavy atom. The minimum absolute atomic E-state index is 0.642. The highest BCUT2D eigenvalue weighted by Gasteiger charge is 2.04. The van der Waals surface area contributed by atoms with Crippen LogP contribution in [-0.4, -0.2) is 9.97 Å². The van der Waals surface area contributed by atoms with E-state index >= 15 is 0 Å². The molecule has 0 aliphatic carbocycles. The Kier molecular flexibility index (Phi) is 2.34. The lowest BCUT2D eigenvalue weighted by atomic mass is 10.1. The molecule has 4 heteroatoms. The first-order valence-electron chi connectivity index (χ1n) is 5.61. The Morgan fingerprint density at radius 2 is 1.67 bits per heavy atom. The van der Waals surface area contributed by atoms with Gasteiger partial charge in [0.15, 0.2) is 0 Å². The molecule has 0 radical (unpaired) electrons. The summed E-state index contributed by atoms with van der Waals surface area (Å²) in [4.78, 5) is 8.91. The molecule has 0 amide bonds. The van der Waals surface area contributed by atoms with Gasteiger partial charge in [0.25, 0.3) is 0 Å². The van der Waals surface area contributed by atoms with Crippen molar-refractivity contribution < 1.29 is 0 Å². The van der Waals surface area contributed by atoms with E-state index < -0.39 is 0 Å². The number of aromatic nitrogens is 2. The fourth-order valence-corrected chi connectivity index (χ4v) is 1.86. The second-order valence-corrected chi connectivity index (χ2v) is 4.09. The van der Waals surface area contributed by atoms with Gasteiger partial charge in [-0.15, -0.1) is 0 Å². The van der Waals surface area contributed by atoms with Crippen LogP contribution < -0.4 is 11.5 Å². The number of nitrogens with zero attached hydrogens (tertiary/aromatic N) is 2. The maximum atomic E-state index is 5.85. The third-order valence-electron chi connectivity index (χ3n) is 2.81. The number of nitrogens with two attached hydrogens (primary N) is 2. The molecule has 0 atom stereocenters. The van der Waals surface area contributed by atoms with Crippen LogP contribution in [0.15, 0.2) is 48.7 Å². The van der Waals surface area contributed by atoms with Crippen LogP contribution in [0.1, 0.15) is 0 Å². The van der Waals surface area contributed by atoms with Gasteiger partial charge in [-0.25, -0.2) is 4.98 Å². The lowest BCUT2D eigenvalue weighted by Gasteiger charge is -2.04. The van der Waals surface area contributed by atoms with E-state index in [1.54, 1.807) is 6.20 Å². The number of benzene rings is 2. The van der Waals surface area contributed by atoms with Crippen molar-refractivity contribution in [3.8, 4) is 11.3 Å². The molecule has 0 fully saturated rings. The molecule has 0 unspecified atom stereocenters. The van der Waals surface area contributed by atoms with Crippen LogP contribution in [0.3, 0.4) is 0 Å². The first kappa shape index (κ1) is 10.5. The van der Waals surface area contributed by atoms with Crippen molar-refractivity contribution in [2.75, 3.05) is 11.5 Å². The van der Waals surface area contributed by atoms with Crippen LogP contribution >= 0.6 is 0 Å². The summed E-state index contributed by atoms with van der Waals surface area (Å²) in [5.41, 5.74) is 16.2. The van der Waals surface area contributed by atoms with Gasteiger partial charge < -0.3 is 11.5 Å². The summed E-state index contributed by atoms with van der Waals surface area (Å²) >= 11 is 0. The zero-order valence-corrected chi connectivity index (χ0v) is 9.67. The van der Waals surface area contributed by atoms with Gasteiger partial charge in [0, 0.05) is 11.3 Å². The molecular formula is C14H12N4. The zero-order chi connectivity index (χ0) is 12.5. The molecule has 88 valence electrons. The van der Waals surface area contributed by atoms with Crippen LogP contribution in [0.25, 0.3) is 22.3 Å². The number of para-hydroxylation sites is 1. The van der Waals surface area contributed by atoms with Gasteiger partial charge in [0.1, 0.15) is 5.52 Å². The maximum absolute atomic E-state index is 5.85. The lowest BCUT2D eigenvalue weighted by molar-refractivity contribution is 1.29. The summed E-state index contributed by atoms with van der Waals surface area (Å²) in [5.74, 6) is 0. The van der Waals surface area contributed by atoms with Crippen LogP contribution in [0, 0.1) is 0 Å². The Hall–Kier alpha value is -2.62. The summed E-state index contributed by atoms with van der Waals surface area (Å²) in [6.45, 7) is 0. The highest BCUT2D eigenvalue weighted by Crippen LogP contribution is 2.22. The van der Waals surface area contributed by atoms with E-state index in [0.29, 0.717) is 5.69 Å². The van der Waals surface area contributed by atoms with Crippen molar-refractivity contribution in [2.45, 2.75) is 0 Å². The van der Waals surface area contributed by atoms with Crippen molar-refractivity contribution in [3.05, 3.63) is 48.7 Å². The van der Waals surface area contributed by atoms with Crippen LogP contribution in [0.5, 0.6) is 0 Å². The number of hydrogen-bond donors (Lipinski definition) is 2. The predicted octanol–water partition coefficient (Wildman–Crippen LogP) is 2.46. The Balaban J connectivity index is 2.16. The predicted molar refractivity (Wildman–Crippen MR) is 73.8 cm³/mol. The molecule has 4 nitrogen and oxygen atoms in total. The molecule has 0 saturated heterocycles. The van der Waals surface area contributed by atoms with Crippen molar-refractivity contribution in [1.29, 1.82) is 0 Å². The summed E-state index contributed by atoms with van der Waals surface area (Å²) in [6, 6.07) is 13.1. The molecule has 0 bridgehead atoms. The molecule has 18 heavy (non-hydrogen) atoms. The van der Waals surface area contributed by atoms with Crippen molar-refractivity contribution in [1.82, 2.24) is 9.97 Å². The van der Waals surface area contributed by atoms with E-state index in [-0.39, 0.29) is 0 Å². The monoisotopic (exact) mass is 236 g/mol. The third kappa shape index (κ3) is 1.73. The van der Waals surface area contributed by atoms with Gasteiger partial charge in [-0.1, -0.05) is 18.2 Å².